The van der Waals surface area contributed by atoms with Crippen molar-refractivity contribution in [1.29, 1.82) is 0 Å². The maximum Gasteiger partial charge on any atom is 0.352 e. The van der Waals surface area contributed by atoms with E-state index in [1.54, 1.807) is 67.6 Å². The number of ketones is 1. The Kier molecular flexibility index (Phi) is 6.73. The molecule has 1 heterocycles. The number of allylic oxidation sites excluding steroid dienone is 1. The Morgan fingerprint density at radius 1 is 1.00 bits per heavy atom. The molecule has 0 spiro atoms. The predicted octanol–water partition coefficient (Wildman–Crippen LogP) is 4.77. The number of carbonyl (C=O) groups excluding carboxylic acids is 3. The minimum absolute atomic E-state index is 0.142. The normalized spacial score (nSPS) is 14.2. The van der Waals surface area contributed by atoms with Crippen molar-refractivity contribution in [2.24, 2.45) is 0 Å². The van der Waals surface area contributed by atoms with E-state index in [1.807, 2.05) is 18.2 Å². The molecule has 7 nitrogen and oxygen atoms in total. The smallest absolute Gasteiger partial charge is 0.352 e. The van der Waals surface area contributed by atoms with Gasteiger partial charge in [0.1, 0.15) is 11.5 Å². The Morgan fingerprint density at radius 2 is 1.74 bits per heavy atom. The number of fused-ring (bicyclic) bond motifs is 1. The number of methoxy groups -OCH3 is 1. The molecule has 1 aliphatic heterocycles. The van der Waals surface area contributed by atoms with Gasteiger partial charge in [-0.25, -0.2) is 9.59 Å². The van der Waals surface area contributed by atoms with Gasteiger partial charge in [0, 0.05) is 11.6 Å². The highest BCUT2D eigenvalue weighted by Gasteiger charge is 2.29. The van der Waals surface area contributed by atoms with Crippen molar-refractivity contribution in [1.82, 2.24) is 0 Å². The maximum absolute atomic E-state index is 12.8. The van der Waals surface area contributed by atoms with Crippen molar-refractivity contribution in [3.63, 3.8) is 0 Å². The molecule has 1 unspecified atom stereocenters. The Hall–Kier alpha value is -4.39. The number of benzene rings is 3. The Bertz CT molecular complexity index is 1240. The molecule has 7 heteroatoms. The average molecular weight is 458 g/mol. The van der Waals surface area contributed by atoms with Crippen LogP contribution >= 0.6 is 0 Å². The van der Waals surface area contributed by atoms with Gasteiger partial charge in [0.15, 0.2) is 5.76 Å². The van der Waals surface area contributed by atoms with Crippen molar-refractivity contribution in [3.05, 3.63) is 101 Å². The molecule has 0 amide bonds. The van der Waals surface area contributed by atoms with Gasteiger partial charge >= 0.3 is 11.9 Å². The average Bonchev–Trinajstić information content (AvgIpc) is 3.17. The van der Waals surface area contributed by atoms with Gasteiger partial charge in [0.05, 0.1) is 24.8 Å². The third kappa shape index (κ3) is 4.83. The van der Waals surface area contributed by atoms with Crippen LogP contribution in [0.5, 0.6) is 11.5 Å². The molecule has 0 saturated carbocycles. The van der Waals surface area contributed by atoms with Crippen LogP contribution in [0.1, 0.15) is 44.9 Å². The molecule has 0 fully saturated rings. The maximum atomic E-state index is 12.8. The van der Waals surface area contributed by atoms with E-state index in [4.69, 9.17) is 18.9 Å². The van der Waals surface area contributed by atoms with Gasteiger partial charge in [-0.05, 0) is 42.8 Å². The largest absolute Gasteiger partial charge is 0.474 e. The number of rotatable bonds is 7. The van der Waals surface area contributed by atoms with Gasteiger partial charge in [0.25, 0.3) is 0 Å². The highest BCUT2D eigenvalue weighted by Crippen LogP contribution is 2.36. The van der Waals surface area contributed by atoms with Gasteiger partial charge in [0.2, 0.25) is 11.9 Å². The monoisotopic (exact) mass is 458 g/mol. The first-order valence-electron chi connectivity index (χ1n) is 10.6. The molecule has 0 saturated heterocycles. The standard InChI is InChI=1S/C27H22O7/c1-3-32-27(30)25(18-7-5-4-6-8-18)33-20-13-14-21-22(16-20)34-23(24(21)28)15-17-9-11-19(12-10-17)26(29)31-2/h4-16,25H,3H2,1-2H3/b23-15-. The number of ether oxygens (including phenoxy) is 4. The summed E-state index contributed by atoms with van der Waals surface area (Å²) in [5, 5.41) is 0. The number of esters is 2. The molecule has 172 valence electrons. The van der Waals surface area contributed by atoms with Crippen LogP contribution in [-0.2, 0) is 14.3 Å². The molecule has 3 aromatic carbocycles. The van der Waals surface area contributed by atoms with E-state index < -0.39 is 18.0 Å². The lowest BCUT2D eigenvalue weighted by Gasteiger charge is -2.18. The minimum Gasteiger partial charge on any atom is -0.474 e. The number of carbonyl (C=O) groups is 3. The summed E-state index contributed by atoms with van der Waals surface area (Å²) in [5.74, 6) is -0.398. The Balaban J connectivity index is 1.55. The highest BCUT2D eigenvalue weighted by atomic mass is 16.6. The number of hydrogen-bond acceptors (Lipinski definition) is 7. The van der Waals surface area contributed by atoms with Crippen LogP contribution in [0.4, 0.5) is 0 Å². The predicted molar refractivity (Wildman–Crippen MR) is 124 cm³/mol. The summed E-state index contributed by atoms with van der Waals surface area (Å²) < 4.78 is 21.6. The third-order valence-corrected chi connectivity index (χ3v) is 5.13. The summed E-state index contributed by atoms with van der Waals surface area (Å²) in [4.78, 5) is 36.9. The molecular weight excluding hydrogens is 436 g/mol. The second kappa shape index (κ2) is 10.0. The minimum atomic E-state index is -0.959. The van der Waals surface area contributed by atoms with Crippen LogP contribution in [-0.4, -0.2) is 31.4 Å². The van der Waals surface area contributed by atoms with Gasteiger partial charge in [-0.3, -0.25) is 4.79 Å². The van der Waals surface area contributed by atoms with Gasteiger partial charge in [-0.15, -0.1) is 0 Å². The van der Waals surface area contributed by atoms with Crippen molar-refractivity contribution in [2.45, 2.75) is 13.0 Å². The number of Topliss-reactive ketones (excluding diaryl/α,β-unsaturated/α-hetero) is 1. The quantitative estimate of drug-likeness (QED) is 0.372. The zero-order valence-corrected chi connectivity index (χ0v) is 18.6. The highest BCUT2D eigenvalue weighted by molar-refractivity contribution is 6.14. The van der Waals surface area contributed by atoms with E-state index in [0.29, 0.717) is 33.8 Å². The molecule has 1 atom stereocenters. The van der Waals surface area contributed by atoms with E-state index in [0.717, 1.165) is 0 Å². The fraction of sp³-hybridized carbons (Fsp3) is 0.148. The summed E-state index contributed by atoms with van der Waals surface area (Å²) in [5.41, 5.74) is 2.13. The van der Waals surface area contributed by atoms with Crippen LogP contribution in [0.2, 0.25) is 0 Å². The third-order valence-electron chi connectivity index (χ3n) is 5.13. The lowest BCUT2D eigenvalue weighted by molar-refractivity contribution is -0.151. The lowest BCUT2D eigenvalue weighted by atomic mass is 10.1. The molecule has 0 aliphatic carbocycles. The molecule has 1 aliphatic rings. The van der Waals surface area contributed by atoms with Crippen LogP contribution in [0.3, 0.4) is 0 Å². The van der Waals surface area contributed by atoms with Crippen LogP contribution < -0.4 is 9.47 Å². The summed E-state index contributed by atoms with van der Waals surface area (Å²) in [7, 11) is 1.31. The van der Waals surface area contributed by atoms with E-state index in [1.165, 1.54) is 7.11 Å². The van der Waals surface area contributed by atoms with Crippen molar-refractivity contribution in [2.75, 3.05) is 13.7 Å². The van der Waals surface area contributed by atoms with Crippen molar-refractivity contribution >= 4 is 23.8 Å². The fourth-order valence-corrected chi connectivity index (χ4v) is 3.46. The summed E-state index contributed by atoms with van der Waals surface area (Å²) >= 11 is 0. The van der Waals surface area contributed by atoms with Crippen LogP contribution in [0.25, 0.3) is 6.08 Å². The zero-order chi connectivity index (χ0) is 24.1. The van der Waals surface area contributed by atoms with Crippen LogP contribution in [0, 0.1) is 0 Å². The molecule has 4 rings (SSSR count). The second-order valence-corrected chi connectivity index (χ2v) is 7.37. The van der Waals surface area contributed by atoms with Crippen molar-refractivity contribution < 1.29 is 33.3 Å². The summed E-state index contributed by atoms with van der Waals surface area (Å²) in [6.45, 7) is 1.95. The van der Waals surface area contributed by atoms with E-state index in [9.17, 15) is 14.4 Å². The Labute approximate surface area is 196 Å². The molecule has 0 aromatic heterocycles. The molecule has 0 radical (unpaired) electrons. The van der Waals surface area contributed by atoms with Gasteiger partial charge < -0.3 is 18.9 Å². The van der Waals surface area contributed by atoms with E-state index >= 15 is 0 Å². The lowest BCUT2D eigenvalue weighted by Crippen LogP contribution is -2.21. The first-order chi connectivity index (χ1) is 16.5. The van der Waals surface area contributed by atoms with Crippen LogP contribution in [0.15, 0.2) is 78.6 Å². The molecule has 34 heavy (non-hydrogen) atoms. The van der Waals surface area contributed by atoms with Gasteiger partial charge in [-0.1, -0.05) is 42.5 Å². The topological polar surface area (TPSA) is 88.1 Å². The first-order valence-corrected chi connectivity index (χ1v) is 10.6. The van der Waals surface area contributed by atoms with Crippen molar-refractivity contribution in [3.8, 4) is 11.5 Å². The molecule has 0 N–H and O–H groups in total. The Morgan fingerprint density at radius 3 is 2.41 bits per heavy atom. The molecular formula is C27H22O7. The first kappa shape index (κ1) is 22.8. The van der Waals surface area contributed by atoms with Gasteiger partial charge in [-0.2, -0.15) is 0 Å². The SMILES string of the molecule is CCOC(=O)C(Oc1ccc2c(c1)O/C(=C\c1ccc(C(=O)OC)cc1)C2=O)c1ccccc1. The molecule has 0 bridgehead atoms. The zero-order valence-electron chi connectivity index (χ0n) is 18.6. The molecule has 3 aromatic rings. The summed E-state index contributed by atoms with van der Waals surface area (Å²) in [6, 6.07) is 20.4. The second-order valence-electron chi connectivity index (χ2n) is 7.37. The fourth-order valence-electron chi connectivity index (χ4n) is 3.46. The summed E-state index contributed by atoms with van der Waals surface area (Å²) in [6.07, 6.45) is 0.634. The van der Waals surface area contributed by atoms with E-state index in [-0.39, 0.29) is 18.1 Å². The van der Waals surface area contributed by atoms with E-state index in [2.05, 4.69) is 0 Å². The number of hydrogen-bond donors (Lipinski definition) is 0.